The average molecular weight is 501 g/mol. The number of non-ortho nitro benzene ring substituents is 1. The first-order valence-electron chi connectivity index (χ1n) is 11.1. The molecule has 9 heteroatoms. The summed E-state index contributed by atoms with van der Waals surface area (Å²) in [7, 11) is 1.91. The van der Waals surface area contributed by atoms with Crippen molar-refractivity contribution >= 4 is 39.3 Å². The van der Waals surface area contributed by atoms with Gasteiger partial charge in [-0.15, -0.1) is 21.5 Å². The Labute approximate surface area is 210 Å². The molecule has 0 amide bonds. The Morgan fingerprint density at radius 2 is 1.81 bits per heavy atom. The molecule has 0 bridgehead atoms. The molecule has 180 valence electrons. The number of fused-ring (bicyclic) bond motifs is 1. The summed E-state index contributed by atoms with van der Waals surface area (Å²) in [5, 5.41) is 20.2. The Morgan fingerprint density at radius 1 is 1.03 bits per heavy atom. The molecule has 0 saturated carbocycles. The lowest BCUT2D eigenvalue weighted by Crippen LogP contribution is -1.93. The first-order chi connectivity index (χ1) is 17.3. The molecule has 5 aromatic rings. The molecule has 0 unspecified atom stereocenters. The van der Waals surface area contributed by atoms with Crippen molar-refractivity contribution in [2.45, 2.75) is 13.8 Å². The van der Waals surface area contributed by atoms with E-state index in [4.69, 9.17) is 4.74 Å². The van der Waals surface area contributed by atoms with Crippen LogP contribution in [0.5, 0.6) is 11.5 Å². The van der Waals surface area contributed by atoms with Crippen LogP contribution in [0.4, 0.5) is 10.1 Å². The molecule has 0 fully saturated rings. The van der Waals surface area contributed by atoms with Gasteiger partial charge in [0.1, 0.15) is 17.4 Å². The smallest absolute Gasteiger partial charge is 0.270 e. The summed E-state index contributed by atoms with van der Waals surface area (Å²) in [6.07, 6.45) is 3.84. The zero-order chi connectivity index (χ0) is 25.4. The van der Waals surface area contributed by atoms with Crippen molar-refractivity contribution in [3.05, 3.63) is 99.4 Å². The first-order valence-corrected chi connectivity index (χ1v) is 11.9. The highest BCUT2D eigenvalue weighted by Gasteiger charge is 2.20. The van der Waals surface area contributed by atoms with E-state index in [1.807, 2.05) is 61.9 Å². The normalized spacial score (nSPS) is 11.4. The van der Waals surface area contributed by atoms with Gasteiger partial charge in [-0.3, -0.25) is 10.1 Å². The molecule has 0 aliphatic heterocycles. The maximum absolute atomic E-state index is 13.8. The fourth-order valence-corrected chi connectivity index (χ4v) is 5.09. The number of nitro benzene ring substituents is 1. The summed E-state index contributed by atoms with van der Waals surface area (Å²) in [5.74, 6) is 2.46. The summed E-state index contributed by atoms with van der Waals surface area (Å²) in [6.45, 7) is 3.72. The number of ether oxygens (including phenoxy) is 1. The second kappa shape index (κ2) is 9.35. The standard InChI is InChI=1S/C27H21FN4O3S/c1-16-14-19(28)7-11-22(16)27-26(23-12-8-20(32(33)34)15-24(23)36-27)35-21-9-4-18(5-10-21)6-13-25-30-29-17(2)31(25)3/h4-15H,1-3H3/b13-6+. The van der Waals surface area contributed by atoms with Gasteiger partial charge >= 0.3 is 0 Å². The van der Waals surface area contributed by atoms with E-state index < -0.39 is 4.92 Å². The molecule has 2 aromatic heterocycles. The van der Waals surface area contributed by atoms with Crippen LogP contribution < -0.4 is 4.74 Å². The van der Waals surface area contributed by atoms with Crippen LogP contribution in [0.25, 0.3) is 32.7 Å². The van der Waals surface area contributed by atoms with E-state index >= 15 is 0 Å². The zero-order valence-corrected chi connectivity index (χ0v) is 20.5. The van der Waals surface area contributed by atoms with Gasteiger partial charge in [-0.2, -0.15) is 0 Å². The topological polar surface area (TPSA) is 83.1 Å². The summed E-state index contributed by atoms with van der Waals surface area (Å²) in [5.41, 5.74) is 2.53. The number of benzene rings is 3. The predicted molar refractivity (Wildman–Crippen MR) is 140 cm³/mol. The largest absolute Gasteiger partial charge is 0.455 e. The summed E-state index contributed by atoms with van der Waals surface area (Å²) in [4.78, 5) is 11.7. The molecule has 0 aliphatic rings. The second-order valence-corrected chi connectivity index (χ2v) is 9.38. The Kier molecular flexibility index (Phi) is 6.07. The number of rotatable bonds is 6. The van der Waals surface area contributed by atoms with Gasteiger partial charge in [0.05, 0.1) is 9.80 Å². The van der Waals surface area contributed by atoms with Crippen LogP contribution in [0, 0.1) is 29.8 Å². The van der Waals surface area contributed by atoms with E-state index in [9.17, 15) is 14.5 Å². The Bertz CT molecular complexity index is 1640. The molecular weight excluding hydrogens is 479 g/mol. The zero-order valence-electron chi connectivity index (χ0n) is 19.7. The van der Waals surface area contributed by atoms with Gasteiger partial charge in [-0.05, 0) is 66.9 Å². The monoisotopic (exact) mass is 500 g/mol. The van der Waals surface area contributed by atoms with Gasteiger partial charge in [0.15, 0.2) is 11.6 Å². The van der Waals surface area contributed by atoms with E-state index in [-0.39, 0.29) is 11.5 Å². The van der Waals surface area contributed by atoms with Gasteiger partial charge in [0.25, 0.3) is 5.69 Å². The van der Waals surface area contributed by atoms with Crippen LogP contribution in [0.2, 0.25) is 0 Å². The molecule has 0 radical (unpaired) electrons. The van der Waals surface area contributed by atoms with E-state index in [1.165, 1.54) is 35.6 Å². The van der Waals surface area contributed by atoms with Crippen molar-refractivity contribution in [3.63, 3.8) is 0 Å². The van der Waals surface area contributed by atoms with Crippen LogP contribution in [-0.2, 0) is 7.05 Å². The SMILES string of the molecule is Cc1cc(F)ccc1-c1sc2cc([N+](=O)[O-])ccc2c1Oc1ccc(/C=C/c2nnc(C)n2C)cc1. The summed E-state index contributed by atoms with van der Waals surface area (Å²) < 4.78 is 22.7. The molecule has 36 heavy (non-hydrogen) atoms. The highest BCUT2D eigenvalue weighted by molar-refractivity contribution is 7.22. The van der Waals surface area contributed by atoms with E-state index in [0.717, 1.165) is 43.3 Å². The molecule has 3 aromatic carbocycles. The van der Waals surface area contributed by atoms with Crippen LogP contribution in [0.15, 0.2) is 60.7 Å². The van der Waals surface area contributed by atoms with Gasteiger partial charge < -0.3 is 9.30 Å². The van der Waals surface area contributed by atoms with Crippen molar-refractivity contribution in [1.29, 1.82) is 0 Å². The summed E-state index contributed by atoms with van der Waals surface area (Å²) in [6, 6.07) is 16.8. The van der Waals surface area contributed by atoms with Crippen LogP contribution in [0.3, 0.4) is 0 Å². The minimum absolute atomic E-state index is 0.00641. The van der Waals surface area contributed by atoms with Crippen LogP contribution in [-0.4, -0.2) is 19.7 Å². The number of aryl methyl sites for hydroxylation is 2. The third-order valence-corrected chi connectivity index (χ3v) is 7.09. The summed E-state index contributed by atoms with van der Waals surface area (Å²) >= 11 is 1.38. The highest BCUT2D eigenvalue weighted by Crippen LogP contribution is 2.48. The number of hydrogen-bond acceptors (Lipinski definition) is 6. The third kappa shape index (κ3) is 4.48. The third-order valence-electron chi connectivity index (χ3n) is 5.92. The lowest BCUT2D eigenvalue weighted by molar-refractivity contribution is -0.384. The number of halogens is 1. The molecule has 0 aliphatic carbocycles. The van der Waals surface area contributed by atoms with Gasteiger partial charge in [-0.25, -0.2) is 4.39 Å². The first kappa shape index (κ1) is 23.4. The number of nitrogens with zero attached hydrogens (tertiary/aromatic N) is 4. The Balaban J connectivity index is 1.51. The van der Waals surface area contributed by atoms with Crippen LogP contribution >= 0.6 is 11.3 Å². The van der Waals surface area contributed by atoms with E-state index in [1.54, 1.807) is 12.1 Å². The van der Waals surface area contributed by atoms with Gasteiger partial charge in [0.2, 0.25) is 0 Å². The molecule has 7 nitrogen and oxygen atoms in total. The van der Waals surface area contributed by atoms with Gasteiger partial charge in [-0.1, -0.05) is 24.3 Å². The minimum Gasteiger partial charge on any atom is -0.455 e. The molecule has 5 rings (SSSR count). The molecule has 0 atom stereocenters. The molecule has 2 heterocycles. The lowest BCUT2D eigenvalue weighted by atomic mass is 10.1. The van der Waals surface area contributed by atoms with Gasteiger partial charge in [0, 0.05) is 29.3 Å². The fraction of sp³-hybridized carbons (Fsp3) is 0.111. The Morgan fingerprint density at radius 3 is 2.47 bits per heavy atom. The van der Waals surface area contributed by atoms with Crippen LogP contribution in [0.1, 0.15) is 22.8 Å². The molecule has 0 spiro atoms. The molecular formula is C27H21FN4O3S. The maximum Gasteiger partial charge on any atom is 0.270 e. The van der Waals surface area contributed by atoms with Crippen molar-refractivity contribution in [3.8, 4) is 21.9 Å². The fourth-order valence-electron chi connectivity index (χ4n) is 3.84. The average Bonchev–Trinajstić information content (AvgIpc) is 3.37. The van der Waals surface area contributed by atoms with Crippen molar-refractivity contribution in [1.82, 2.24) is 14.8 Å². The van der Waals surface area contributed by atoms with Crippen molar-refractivity contribution in [2.75, 3.05) is 0 Å². The lowest BCUT2D eigenvalue weighted by Gasteiger charge is -2.10. The minimum atomic E-state index is -0.420. The second-order valence-electron chi connectivity index (χ2n) is 8.33. The molecule has 0 saturated heterocycles. The number of hydrogen-bond donors (Lipinski definition) is 0. The molecule has 0 N–H and O–H groups in total. The quantitative estimate of drug-likeness (QED) is 0.180. The van der Waals surface area contributed by atoms with Crippen molar-refractivity contribution < 1.29 is 14.1 Å². The van der Waals surface area contributed by atoms with E-state index in [0.29, 0.717) is 11.5 Å². The predicted octanol–water partition coefficient (Wildman–Crippen LogP) is 7.32. The highest BCUT2D eigenvalue weighted by atomic mass is 32.1. The number of thiophene rings is 1. The van der Waals surface area contributed by atoms with E-state index in [2.05, 4.69) is 10.2 Å². The maximum atomic E-state index is 13.8. The van der Waals surface area contributed by atoms with Crippen molar-refractivity contribution in [2.24, 2.45) is 7.05 Å². The number of nitro groups is 1. The number of aromatic nitrogens is 3. The Hall–Kier alpha value is -4.37.